The number of aromatic nitrogens is 3. The standard InChI is InChI=1S/C21H25ClN4O5S/c1-13-17(14(2)26(23-13)16-7-9-32(29,30)12-16)11-24(3)20(27)6-8-25-18-5-4-15(22)10-19(18)31-21(25)28/h4-5,10,16H,6-9,11-12H2,1-3H3. The van der Waals surface area contributed by atoms with Crippen molar-refractivity contribution < 1.29 is 17.6 Å². The summed E-state index contributed by atoms with van der Waals surface area (Å²) in [5, 5.41) is 5.02. The first-order valence-corrected chi connectivity index (χ1v) is 12.5. The minimum absolute atomic E-state index is 0.0990. The topological polar surface area (TPSA) is 107 Å². The van der Waals surface area contributed by atoms with Gasteiger partial charge in [-0.3, -0.25) is 14.0 Å². The number of nitrogens with zero attached hydrogens (tertiary/aromatic N) is 4. The summed E-state index contributed by atoms with van der Waals surface area (Å²) in [7, 11) is -1.32. The van der Waals surface area contributed by atoms with E-state index in [0.717, 1.165) is 17.0 Å². The first-order chi connectivity index (χ1) is 15.1. The molecule has 0 N–H and O–H groups in total. The van der Waals surface area contributed by atoms with Crippen LogP contribution in [0.5, 0.6) is 0 Å². The van der Waals surface area contributed by atoms with E-state index >= 15 is 0 Å². The van der Waals surface area contributed by atoms with Crippen LogP contribution in [0.15, 0.2) is 27.4 Å². The maximum absolute atomic E-state index is 12.8. The first-order valence-electron chi connectivity index (χ1n) is 10.3. The Morgan fingerprint density at radius 2 is 2.09 bits per heavy atom. The molecule has 11 heteroatoms. The number of hydrogen-bond acceptors (Lipinski definition) is 6. The predicted octanol–water partition coefficient (Wildman–Crippen LogP) is 2.47. The Hall–Kier alpha value is -2.59. The van der Waals surface area contributed by atoms with Gasteiger partial charge in [0, 0.05) is 48.9 Å². The Bertz CT molecular complexity index is 1350. The molecule has 172 valence electrons. The second-order valence-corrected chi connectivity index (χ2v) is 10.9. The summed E-state index contributed by atoms with van der Waals surface area (Å²) in [4.78, 5) is 26.5. The highest BCUT2D eigenvalue weighted by atomic mass is 35.5. The SMILES string of the molecule is Cc1nn(C2CCS(=O)(=O)C2)c(C)c1CN(C)C(=O)CCn1c(=O)oc2cc(Cl)ccc21. The number of aryl methyl sites for hydroxylation is 2. The lowest BCUT2D eigenvalue weighted by Crippen LogP contribution is -2.28. The van der Waals surface area contributed by atoms with E-state index < -0.39 is 15.6 Å². The number of benzene rings is 1. The fourth-order valence-electron chi connectivity index (χ4n) is 4.23. The van der Waals surface area contributed by atoms with Gasteiger partial charge in [0.15, 0.2) is 15.4 Å². The maximum atomic E-state index is 12.8. The van der Waals surface area contributed by atoms with Crippen molar-refractivity contribution in [2.75, 3.05) is 18.6 Å². The van der Waals surface area contributed by atoms with Gasteiger partial charge in [0.2, 0.25) is 5.91 Å². The average Bonchev–Trinajstić information content (AvgIpc) is 3.33. The number of fused-ring (bicyclic) bond motifs is 1. The van der Waals surface area contributed by atoms with Crippen molar-refractivity contribution in [1.82, 2.24) is 19.2 Å². The van der Waals surface area contributed by atoms with Gasteiger partial charge in [0.1, 0.15) is 0 Å². The number of halogens is 1. The molecule has 0 saturated carbocycles. The van der Waals surface area contributed by atoms with Crippen LogP contribution in [0.25, 0.3) is 11.1 Å². The van der Waals surface area contributed by atoms with Gasteiger partial charge in [-0.25, -0.2) is 13.2 Å². The van der Waals surface area contributed by atoms with Crippen LogP contribution in [-0.4, -0.2) is 52.1 Å². The van der Waals surface area contributed by atoms with E-state index in [2.05, 4.69) is 5.10 Å². The Labute approximate surface area is 190 Å². The molecule has 1 unspecified atom stereocenters. The van der Waals surface area contributed by atoms with E-state index in [1.54, 1.807) is 34.8 Å². The Balaban J connectivity index is 1.45. The van der Waals surface area contributed by atoms with Gasteiger partial charge in [-0.1, -0.05) is 11.6 Å². The Kier molecular flexibility index (Phi) is 5.93. The van der Waals surface area contributed by atoms with Gasteiger partial charge >= 0.3 is 5.76 Å². The minimum atomic E-state index is -3.02. The number of hydrogen-bond donors (Lipinski definition) is 0. The molecule has 1 amide bonds. The number of amides is 1. The third-order valence-corrected chi connectivity index (χ3v) is 8.02. The van der Waals surface area contributed by atoms with Gasteiger partial charge in [-0.15, -0.1) is 0 Å². The van der Waals surface area contributed by atoms with Crippen LogP contribution in [-0.2, 0) is 27.7 Å². The third-order valence-electron chi connectivity index (χ3n) is 6.03. The lowest BCUT2D eigenvalue weighted by molar-refractivity contribution is -0.130. The molecular weight excluding hydrogens is 456 g/mol. The maximum Gasteiger partial charge on any atom is 0.419 e. The molecule has 1 saturated heterocycles. The lowest BCUT2D eigenvalue weighted by atomic mass is 10.1. The molecular formula is C21H25ClN4O5S. The number of carbonyl (C=O) groups excluding carboxylic acids is 1. The van der Waals surface area contributed by atoms with Crippen LogP contribution in [0.2, 0.25) is 5.02 Å². The number of carbonyl (C=O) groups is 1. The highest BCUT2D eigenvalue weighted by Crippen LogP contribution is 2.27. The molecule has 1 atom stereocenters. The monoisotopic (exact) mass is 480 g/mol. The molecule has 0 aliphatic carbocycles. The zero-order chi connectivity index (χ0) is 23.2. The molecule has 2 aromatic heterocycles. The summed E-state index contributed by atoms with van der Waals surface area (Å²) in [6, 6.07) is 4.77. The van der Waals surface area contributed by atoms with Crippen molar-refractivity contribution in [3.8, 4) is 0 Å². The van der Waals surface area contributed by atoms with Gasteiger partial charge in [0.25, 0.3) is 0 Å². The highest BCUT2D eigenvalue weighted by molar-refractivity contribution is 7.91. The summed E-state index contributed by atoms with van der Waals surface area (Å²) < 4.78 is 32.1. The van der Waals surface area contributed by atoms with Crippen molar-refractivity contribution in [2.24, 2.45) is 0 Å². The van der Waals surface area contributed by atoms with Crippen LogP contribution < -0.4 is 5.76 Å². The Morgan fingerprint density at radius 3 is 2.78 bits per heavy atom. The van der Waals surface area contributed by atoms with E-state index in [0.29, 0.717) is 29.1 Å². The first kappa shape index (κ1) is 22.6. The van der Waals surface area contributed by atoms with Crippen LogP contribution in [0.1, 0.15) is 35.8 Å². The van der Waals surface area contributed by atoms with Crippen LogP contribution in [0, 0.1) is 13.8 Å². The van der Waals surface area contributed by atoms with Gasteiger partial charge in [0.05, 0.1) is 28.8 Å². The molecule has 0 spiro atoms. The fraction of sp³-hybridized carbons (Fsp3) is 0.476. The molecule has 1 aromatic carbocycles. The Morgan fingerprint density at radius 1 is 1.34 bits per heavy atom. The van der Waals surface area contributed by atoms with Crippen molar-refractivity contribution in [1.29, 1.82) is 0 Å². The number of rotatable bonds is 6. The average molecular weight is 481 g/mol. The van der Waals surface area contributed by atoms with E-state index in [1.807, 2.05) is 13.8 Å². The van der Waals surface area contributed by atoms with E-state index in [4.69, 9.17) is 16.0 Å². The van der Waals surface area contributed by atoms with E-state index in [1.165, 1.54) is 4.57 Å². The summed E-state index contributed by atoms with van der Waals surface area (Å²) in [5.74, 6) is -0.382. The quantitative estimate of drug-likeness (QED) is 0.536. The number of oxazole rings is 1. The predicted molar refractivity (Wildman–Crippen MR) is 121 cm³/mol. The van der Waals surface area contributed by atoms with E-state index in [-0.39, 0.29) is 36.4 Å². The van der Waals surface area contributed by atoms with Gasteiger partial charge in [-0.05, 0) is 32.4 Å². The molecule has 0 radical (unpaired) electrons. The fourth-order valence-corrected chi connectivity index (χ4v) is 6.08. The summed E-state index contributed by atoms with van der Waals surface area (Å²) in [6.45, 7) is 4.31. The summed E-state index contributed by atoms with van der Waals surface area (Å²) in [5.41, 5.74) is 3.54. The number of sulfone groups is 1. The second kappa shape index (κ2) is 8.40. The largest absolute Gasteiger partial charge is 0.419 e. The van der Waals surface area contributed by atoms with E-state index in [9.17, 15) is 18.0 Å². The smallest absolute Gasteiger partial charge is 0.408 e. The van der Waals surface area contributed by atoms with Gasteiger partial charge < -0.3 is 9.32 Å². The van der Waals surface area contributed by atoms with Gasteiger partial charge in [-0.2, -0.15) is 5.10 Å². The molecule has 1 fully saturated rings. The van der Waals surface area contributed by atoms with Crippen molar-refractivity contribution in [3.63, 3.8) is 0 Å². The molecule has 3 aromatic rings. The zero-order valence-electron chi connectivity index (χ0n) is 18.2. The second-order valence-electron chi connectivity index (χ2n) is 8.28. The zero-order valence-corrected chi connectivity index (χ0v) is 19.7. The summed E-state index contributed by atoms with van der Waals surface area (Å²) in [6.07, 6.45) is 0.678. The van der Waals surface area contributed by atoms with Crippen molar-refractivity contribution >= 4 is 38.4 Å². The highest BCUT2D eigenvalue weighted by Gasteiger charge is 2.31. The molecule has 1 aliphatic rings. The van der Waals surface area contributed by atoms with Crippen molar-refractivity contribution in [3.05, 3.63) is 50.7 Å². The summed E-state index contributed by atoms with van der Waals surface area (Å²) >= 11 is 5.94. The molecule has 3 heterocycles. The minimum Gasteiger partial charge on any atom is -0.408 e. The molecule has 1 aliphatic heterocycles. The molecule has 4 rings (SSSR count). The van der Waals surface area contributed by atoms with Crippen molar-refractivity contribution in [2.45, 2.75) is 45.8 Å². The lowest BCUT2D eigenvalue weighted by Gasteiger charge is -2.18. The molecule has 0 bridgehead atoms. The normalized spacial score (nSPS) is 17.8. The molecule has 9 nitrogen and oxygen atoms in total. The molecule has 32 heavy (non-hydrogen) atoms. The van der Waals surface area contributed by atoms with Crippen LogP contribution in [0.4, 0.5) is 0 Å². The third kappa shape index (κ3) is 4.33. The van der Waals surface area contributed by atoms with Crippen LogP contribution >= 0.6 is 11.6 Å². The van der Waals surface area contributed by atoms with Crippen LogP contribution in [0.3, 0.4) is 0 Å².